The van der Waals surface area contributed by atoms with Gasteiger partial charge in [-0.2, -0.15) is 5.26 Å². The van der Waals surface area contributed by atoms with Crippen LogP contribution in [0.4, 0.5) is 11.6 Å². The van der Waals surface area contributed by atoms with Crippen molar-refractivity contribution in [2.24, 2.45) is 5.92 Å². The first kappa shape index (κ1) is 20.9. The van der Waals surface area contributed by atoms with Gasteiger partial charge in [-0.15, -0.1) is 11.3 Å². The number of fused-ring (bicyclic) bond motifs is 1. The molecule has 3 heterocycles. The van der Waals surface area contributed by atoms with Crippen molar-refractivity contribution in [3.63, 3.8) is 0 Å². The summed E-state index contributed by atoms with van der Waals surface area (Å²) in [5, 5.41) is 13.9. The number of para-hydroxylation sites is 1. The van der Waals surface area contributed by atoms with Crippen LogP contribution in [0.15, 0.2) is 70.8 Å². The highest BCUT2D eigenvalue weighted by Gasteiger charge is 2.28. The highest BCUT2D eigenvalue weighted by Crippen LogP contribution is 2.27. The topological polar surface area (TPSA) is 91.0 Å². The lowest BCUT2D eigenvalue weighted by Crippen LogP contribution is -2.41. The fourth-order valence-electron chi connectivity index (χ4n) is 4.18. The van der Waals surface area contributed by atoms with Crippen molar-refractivity contribution in [1.29, 1.82) is 5.26 Å². The van der Waals surface area contributed by atoms with E-state index in [1.54, 1.807) is 28.8 Å². The molecule has 0 spiro atoms. The van der Waals surface area contributed by atoms with Crippen molar-refractivity contribution < 1.29 is 4.79 Å². The Morgan fingerprint density at radius 3 is 2.64 bits per heavy atom. The van der Waals surface area contributed by atoms with Gasteiger partial charge in [0.25, 0.3) is 5.56 Å². The maximum atomic E-state index is 13.3. The lowest BCUT2D eigenvalue weighted by molar-refractivity contribution is -0.120. The molecule has 1 aliphatic rings. The van der Waals surface area contributed by atoms with Crippen LogP contribution in [0.3, 0.4) is 0 Å². The molecular formula is C25H21N5O2S. The molecule has 1 N–H and O–H groups in total. The van der Waals surface area contributed by atoms with Gasteiger partial charge < -0.3 is 10.2 Å². The zero-order chi connectivity index (χ0) is 22.8. The number of amides is 1. The number of nitrogens with zero attached hydrogens (tertiary/aromatic N) is 4. The van der Waals surface area contributed by atoms with Gasteiger partial charge in [0.1, 0.15) is 4.70 Å². The molecule has 0 atom stereocenters. The first-order valence-electron chi connectivity index (χ1n) is 10.8. The number of benzene rings is 2. The minimum absolute atomic E-state index is 0.0496. The quantitative estimate of drug-likeness (QED) is 0.499. The van der Waals surface area contributed by atoms with E-state index in [-0.39, 0.29) is 17.4 Å². The Balaban J connectivity index is 1.38. The molecule has 8 heteroatoms. The summed E-state index contributed by atoms with van der Waals surface area (Å²) >= 11 is 1.40. The van der Waals surface area contributed by atoms with E-state index in [4.69, 9.17) is 10.2 Å². The van der Waals surface area contributed by atoms with Crippen molar-refractivity contribution in [3.05, 3.63) is 82.0 Å². The van der Waals surface area contributed by atoms with E-state index in [0.29, 0.717) is 53.3 Å². The molecule has 1 amide bonds. The number of piperidine rings is 1. The van der Waals surface area contributed by atoms with Gasteiger partial charge in [0.2, 0.25) is 11.9 Å². The molecule has 5 rings (SSSR count). The van der Waals surface area contributed by atoms with Crippen LogP contribution < -0.4 is 15.8 Å². The maximum Gasteiger partial charge on any atom is 0.277 e. The molecule has 0 unspecified atom stereocenters. The van der Waals surface area contributed by atoms with Crippen LogP contribution in [0, 0.1) is 17.2 Å². The third-order valence-corrected chi connectivity index (χ3v) is 6.78. The van der Waals surface area contributed by atoms with Gasteiger partial charge >= 0.3 is 0 Å². The number of hydrogen-bond acceptors (Lipinski definition) is 6. The zero-order valence-electron chi connectivity index (χ0n) is 17.8. The van der Waals surface area contributed by atoms with E-state index in [0.717, 1.165) is 5.69 Å². The summed E-state index contributed by atoms with van der Waals surface area (Å²) in [4.78, 5) is 33.0. The Morgan fingerprint density at radius 1 is 1.09 bits per heavy atom. The Kier molecular flexibility index (Phi) is 5.63. The summed E-state index contributed by atoms with van der Waals surface area (Å²) in [5.74, 6) is 0.415. The molecular weight excluding hydrogens is 434 g/mol. The molecule has 1 saturated heterocycles. The fourth-order valence-corrected chi connectivity index (χ4v) is 4.93. The lowest BCUT2D eigenvalue weighted by atomic mass is 9.96. The highest BCUT2D eigenvalue weighted by atomic mass is 32.1. The summed E-state index contributed by atoms with van der Waals surface area (Å²) in [6.07, 6.45) is 1.30. The molecule has 2 aromatic heterocycles. The van der Waals surface area contributed by atoms with Crippen LogP contribution in [-0.4, -0.2) is 28.5 Å². The normalized spacial score (nSPS) is 14.2. The molecule has 0 radical (unpaired) electrons. The second-order valence-electron chi connectivity index (χ2n) is 7.97. The van der Waals surface area contributed by atoms with Crippen molar-refractivity contribution >= 4 is 39.1 Å². The van der Waals surface area contributed by atoms with Crippen molar-refractivity contribution in [2.75, 3.05) is 23.3 Å². The molecule has 0 aliphatic carbocycles. The molecule has 164 valence electrons. The maximum absolute atomic E-state index is 13.3. The fraction of sp³-hybridized carbons (Fsp3) is 0.200. The van der Waals surface area contributed by atoms with Gasteiger partial charge in [0, 0.05) is 24.7 Å². The SMILES string of the molecule is N#Cc1cccc(NC(=O)C2CCN(c3nc4ccsc4c(=O)n3-c3ccccc3)CC2)c1. The zero-order valence-corrected chi connectivity index (χ0v) is 18.6. The smallest absolute Gasteiger partial charge is 0.277 e. The van der Waals surface area contributed by atoms with Gasteiger partial charge in [-0.05, 0) is 54.6 Å². The third-order valence-electron chi connectivity index (χ3n) is 5.88. The van der Waals surface area contributed by atoms with Crippen LogP contribution in [0.25, 0.3) is 15.9 Å². The predicted molar refractivity (Wildman–Crippen MR) is 130 cm³/mol. The highest BCUT2D eigenvalue weighted by molar-refractivity contribution is 7.17. The van der Waals surface area contributed by atoms with Crippen LogP contribution in [0.5, 0.6) is 0 Å². The third kappa shape index (κ3) is 4.11. The van der Waals surface area contributed by atoms with E-state index in [1.165, 1.54) is 11.3 Å². The Hall–Kier alpha value is -3.96. The molecule has 1 aliphatic heterocycles. The van der Waals surface area contributed by atoms with E-state index < -0.39 is 0 Å². The molecule has 2 aromatic carbocycles. The number of aromatic nitrogens is 2. The van der Waals surface area contributed by atoms with Gasteiger partial charge in [0.15, 0.2) is 0 Å². The minimum atomic E-state index is -0.145. The van der Waals surface area contributed by atoms with Gasteiger partial charge in [-0.25, -0.2) is 9.55 Å². The molecule has 33 heavy (non-hydrogen) atoms. The standard InChI is InChI=1S/C25H21N5O2S/c26-16-17-5-4-6-19(15-17)27-23(31)18-9-12-29(13-10-18)25-28-21-11-14-33-22(21)24(32)30(25)20-7-2-1-3-8-20/h1-8,11,14-15,18H,9-10,12-13H2,(H,27,31). The summed E-state index contributed by atoms with van der Waals surface area (Å²) in [6, 6.07) is 20.4. The minimum Gasteiger partial charge on any atom is -0.342 e. The summed E-state index contributed by atoms with van der Waals surface area (Å²) in [5.41, 5.74) is 2.54. The first-order valence-corrected chi connectivity index (χ1v) is 11.6. The van der Waals surface area contributed by atoms with Gasteiger partial charge in [-0.3, -0.25) is 9.59 Å². The van der Waals surface area contributed by atoms with Crippen molar-refractivity contribution in [3.8, 4) is 11.8 Å². The number of rotatable bonds is 4. The number of anilines is 2. The van der Waals surface area contributed by atoms with E-state index >= 15 is 0 Å². The van der Waals surface area contributed by atoms with Crippen molar-refractivity contribution in [1.82, 2.24) is 9.55 Å². The second-order valence-corrected chi connectivity index (χ2v) is 8.88. The monoisotopic (exact) mass is 455 g/mol. The van der Waals surface area contributed by atoms with E-state index in [2.05, 4.69) is 16.3 Å². The summed E-state index contributed by atoms with van der Waals surface area (Å²) in [6.45, 7) is 1.23. The molecule has 7 nitrogen and oxygen atoms in total. The summed E-state index contributed by atoms with van der Waals surface area (Å²) in [7, 11) is 0. The molecule has 1 fully saturated rings. The second kappa shape index (κ2) is 8.88. The van der Waals surface area contributed by atoms with Crippen LogP contribution in [0.1, 0.15) is 18.4 Å². The van der Waals surface area contributed by atoms with E-state index in [1.807, 2.05) is 41.8 Å². The number of carbonyl (C=O) groups excluding carboxylic acids is 1. The van der Waals surface area contributed by atoms with Crippen LogP contribution >= 0.6 is 11.3 Å². The Morgan fingerprint density at radius 2 is 1.88 bits per heavy atom. The number of nitrogens with one attached hydrogen (secondary N) is 1. The van der Waals surface area contributed by atoms with Gasteiger partial charge in [0.05, 0.1) is 22.8 Å². The molecule has 4 aromatic rings. The number of carbonyl (C=O) groups is 1. The number of nitriles is 1. The molecule has 0 saturated carbocycles. The number of thiophene rings is 1. The summed E-state index contributed by atoms with van der Waals surface area (Å²) < 4.78 is 2.31. The number of hydrogen-bond donors (Lipinski definition) is 1. The first-order chi connectivity index (χ1) is 16.1. The predicted octanol–water partition coefficient (Wildman–Crippen LogP) is 4.17. The Bertz CT molecular complexity index is 1410. The average Bonchev–Trinajstić information content (AvgIpc) is 3.34. The van der Waals surface area contributed by atoms with Gasteiger partial charge in [-0.1, -0.05) is 24.3 Å². The van der Waals surface area contributed by atoms with Crippen LogP contribution in [0.2, 0.25) is 0 Å². The molecule has 0 bridgehead atoms. The average molecular weight is 456 g/mol. The Labute approximate surface area is 194 Å². The van der Waals surface area contributed by atoms with E-state index in [9.17, 15) is 9.59 Å². The van der Waals surface area contributed by atoms with Crippen LogP contribution in [-0.2, 0) is 4.79 Å². The van der Waals surface area contributed by atoms with Crippen molar-refractivity contribution in [2.45, 2.75) is 12.8 Å². The largest absolute Gasteiger partial charge is 0.342 e. The lowest BCUT2D eigenvalue weighted by Gasteiger charge is -2.33.